The third-order valence-corrected chi connectivity index (χ3v) is 7.32. The van der Waals surface area contributed by atoms with Gasteiger partial charge in [0.05, 0.1) is 34.3 Å². The van der Waals surface area contributed by atoms with Gasteiger partial charge in [-0.1, -0.05) is 23.2 Å². The third-order valence-electron chi connectivity index (χ3n) is 5.28. The summed E-state index contributed by atoms with van der Waals surface area (Å²) in [4.78, 5) is 25.2. The highest BCUT2D eigenvalue weighted by molar-refractivity contribution is 7.89. The zero-order chi connectivity index (χ0) is 29.1. The molecular formula is C23H21Cl2F2N5O6S. The van der Waals surface area contributed by atoms with Gasteiger partial charge in [0.1, 0.15) is 16.4 Å². The zero-order valence-electron chi connectivity index (χ0n) is 20.6. The predicted octanol–water partition coefficient (Wildman–Crippen LogP) is 4.18. The zero-order valence-corrected chi connectivity index (χ0v) is 22.9. The van der Waals surface area contributed by atoms with Crippen LogP contribution < -0.4 is 25.4 Å². The van der Waals surface area contributed by atoms with Crippen LogP contribution in [0.15, 0.2) is 44.8 Å². The van der Waals surface area contributed by atoms with Gasteiger partial charge in [0.25, 0.3) is 12.0 Å². The summed E-state index contributed by atoms with van der Waals surface area (Å²) < 4.78 is 65.9. The Balaban J connectivity index is 1.95. The Hall–Kier alpha value is -3.51. The van der Waals surface area contributed by atoms with Gasteiger partial charge in [0, 0.05) is 12.6 Å². The molecule has 1 aromatic heterocycles. The second-order valence-electron chi connectivity index (χ2n) is 8.65. The summed E-state index contributed by atoms with van der Waals surface area (Å²) in [5, 5.41) is 12.1. The van der Waals surface area contributed by atoms with E-state index in [4.69, 9.17) is 37.9 Å². The van der Waals surface area contributed by atoms with Gasteiger partial charge in [0.15, 0.2) is 11.4 Å². The van der Waals surface area contributed by atoms with Crippen LogP contribution in [0.25, 0.3) is 5.69 Å². The molecule has 208 valence electrons. The minimum absolute atomic E-state index is 0.00982. The fourth-order valence-corrected chi connectivity index (χ4v) is 4.94. The van der Waals surface area contributed by atoms with E-state index in [1.807, 2.05) is 0 Å². The van der Waals surface area contributed by atoms with Crippen molar-refractivity contribution >= 4 is 33.2 Å². The summed E-state index contributed by atoms with van der Waals surface area (Å²) in [5.41, 5.74) is -4.52. The predicted molar refractivity (Wildman–Crippen MR) is 138 cm³/mol. The minimum atomic E-state index is -4.10. The maximum Gasteiger partial charge on any atom is 0.349 e. The summed E-state index contributed by atoms with van der Waals surface area (Å²) in [5.74, 6) is -0.143. The first-order valence-corrected chi connectivity index (χ1v) is 13.2. The number of halogens is 4. The van der Waals surface area contributed by atoms with Crippen molar-refractivity contribution in [1.29, 1.82) is 5.26 Å². The van der Waals surface area contributed by atoms with Gasteiger partial charge in [-0.2, -0.15) is 15.0 Å². The summed E-state index contributed by atoms with van der Waals surface area (Å²) in [6.45, 7) is 3.34. The molecule has 0 fully saturated rings. The molecule has 2 N–H and O–H groups in total. The maximum atomic E-state index is 13.1. The molecule has 0 saturated carbocycles. The number of aromatic amines is 1. The first-order valence-electron chi connectivity index (χ1n) is 11.0. The topological polar surface area (TPSA) is 156 Å². The Bertz CT molecular complexity index is 1650. The Morgan fingerprint density at radius 2 is 1.85 bits per heavy atom. The van der Waals surface area contributed by atoms with Crippen molar-refractivity contribution in [3.8, 4) is 29.0 Å². The molecule has 0 amide bonds. The Labute approximate surface area is 230 Å². The number of nitriles is 1. The van der Waals surface area contributed by atoms with Gasteiger partial charge < -0.3 is 9.47 Å². The van der Waals surface area contributed by atoms with Crippen LogP contribution >= 0.6 is 23.2 Å². The number of nitrogens with one attached hydrogen (secondary N) is 2. The number of benzene rings is 2. The standard InChI is InChI=1S/C23H21Cl2F2N5O6S/c1-23(2,11-28)6-7-29-39(35,36)17-10-13(4-5-16(17)37-3)38-19-14(24)8-12(9-15(19)25)32-22(34)30-21(33)18(31-32)20(26)27/h4-5,8-10,20,29H,6-7H2,1-3H3,(H,30,33,34). The monoisotopic (exact) mass is 603 g/mol. The van der Waals surface area contributed by atoms with Crippen LogP contribution in [0.1, 0.15) is 32.4 Å². The lowest BCUT2D eigenvalue weighted by atomic mass is 9.92. The van der Waals surface area contributed by atoms with E-state index in [2.05, 4.69) is 15.9 Å². The second-order valence-corrected chi connectivity index (χ2v) is 11.2. The number of alkyl halides is 2. The highest BCUT2D eigenvalue weighted by atomic mass is 35.5. The van der Waals surface area contributed by atoms with E-state index >= 15 is 0 Å². The highest BCUT2D eigenvalue weighted by Gasteiger charge is 2.24. The largest absolute Gasteiger partial charge is 0.495 e. The van der Waals surface area contributed by atoms with Crippen molar-refractivity contribution in [2.75, 3.05) is 13.7 Å². The molecule has 0 aliphatic carbocycles. The number of ether oxygens (including phenoxy) is 2. The van der Waals surface area contributed by atoms with E-state index in [-0.39, 0.29) is 50.8 Å². The molecule has 0 radical (unpaired) electrons. The van der Waals surface area contributed by atoms with E-state index in [9.17, 15) is 26.8 Å². The number of nitrogens with zero attached hydrogens (tertiary/aromatic N) is 3. The van der Waals surface area contributed by atoms with E-state index in [1.165, 1.54) is 25.3 Å². The van der Waals surface area contributed by atoms with E-state index < -0.39 is 38.8 Å². The van der Waals surface area contributed by atoms with Gasteiger partial charge in [-0.3, -0.25) is 9.78 Å². The number of hydrogen-bond acceptors (Lipinski definition) is 8. The number of hydrogen-bond donors (Lipinski definition) is 2. The van der Waals surface area contributed by atoms with Gasteiger partial charge in [-0.15, -0.1) is 0 Å². The molecule has 11 nitrogen and oxygen atoms in total. The molecule has 1 heterocycles. The fraction of sp³-hybridized carbons (Fsp3) is 0.304. The normalized spacial score (nSPS) is 11.9. The SMILES string of the molecule is COc1ccc(Oc2c(Cl)cc(-n3nc(C(F)F)c(=O)[nH]c3=O)cc2Cl)cc1S(=O)(=O)NCCC(C)(C)C#N. The molecular weight excluding hydrogens is 583 g/mol. The lowest BCUT2D eigenvalue weighted by Gasteiger charge is -2.17. The molecule has 0 atom stereocenters. The van der Waals surface area contributed by atoms with Crippen molar-refractivity contribution in [3.05, 3.63) is 66.9 Å². The molecule has 3 aromatic rings. The van der Waals surface area contributed by atoms with Gasteiger partial charge in [0.2, 0.25) is 10.0 Å². The lowest BCUT2D eigenvalue weighted by molar-refractivity contribution is 0.141. The molecule has 3 rings (SSSR count). The average Bonchev–Trinajstić information content (AvgIpc) is 2.85. The summed E-state index contributed by atoms with van der Waals surface area (Å²) in [6.07, 6.45) is -2.99. The van der Waals surface area contributed by atoms with Crippen molar-refractivity contribution in [3.63, 3.8) is 0 Å². The molecule has 2 aromatic carbocycles. The van der Waals surface area contributed by atoms with Crippen molar-refractivity contribution in [1.82, 2.24) is 19.5 Å². The number of rotatable bonds is 10. The minimum Gasteiger partial charge on any atom is -0.495 e. The number of methoxy groups -OCH3 is 1. The molecule has 39 heavy (non-hydrogen) atoms. The quantitative estimate of drug-likeness (QED) is 0.349. The van der Waals surface area contributed by atoms with E-state index in [0.717, 1.165) is 12.1 Å². The molecule has 0 aliphatic rings. The Morgan fingerprint density at radius 1 is 1.21 bits per heavy atom. The smallest absolute Gasteiger partial charge is 0.349 e. The molecule has 16 heteroatoms. The number of aromatic nitrogens is 3. The van der Waals surface area contributed by atoms with Crippen molar-refractivity contribution in [2.24, 2.45) is 5.41 Å². The van der Waals surface area contributed by atoms with Crippen LogP contribution in [-0.2, 0) is 10.0 Å². The first-order chi connectivity index (χ1) is 18.2. The molecule has 0 unspecified atom stereocenters. The third kappa shape index (κ3) is 6.93. The summed E-state index contributed by atoms with van der Waals surface area (Å²) in [7, 11) is -2.81. The molecule has 0 aliphatic heterocycles. The van der Waals surface area contributed by atoms with Crippen LogP contribution in [0.3, 0.4) is 0 Å². The molecule has 0 saturated heterocycles. The van der Waals surface area contributed by atoms with Crippen LogP contribution in [0.4, 0.5) is 8.78 Å². The van der Waals surface area contributed by atoms with Crippen LogP contribution in [0.5, 0.6) is 17.2 Å². The average molecular weight is 604 g/mol. The van der Waals surface area contributed by atoms with Crippen LogP contribution in [0.2, 0.25) is 10.0 Å². The summed E-state index contributed by atoms with van der Waals surface area (Å²) >= 11 is 12.6. The number of H-pyrrole nitrogens is 1. The van der Waals surface area contributed by atoms with Gasteiger partial charge in [-0.05, 0) is 44.5 Å². The Morgan fingerprint density at radius 3 is 2.41 bits per heavy atom. The van der Waals surface area contributed by atoms with Crippen molar-refractivity contribution in [2.45, 2.75) is 31.6 Å². The maximum absolute atomic E-state index is 13.1. The number of sulfonamides is 1. The first kappa shape index (κ1) is 30.0. The molecule has 0 spiro atoms. The van der Waals surface area contributed by atoms with Crippen molar-refractivity contribution < 1.29 is 26.7 Å². The lowest BCUT2D eigenvalue weighted by Crippen LogP contribution is -2.34. The van der Waals surface area contributed by atoms with E-state index in [0.29, 0.717) is 4.68 Å². The Kier molecular flexibility index (Phi) is 9.01. The second kappa shape index (κ2) is 11.7. The van der Waals surface area contributed by atoms with Crippen LogP contribution in [0, 0.1) is 16.7 Å². The van der Waals surface area contributed by atoms with E-state index in [1.54, 1.807) is 18.8 Å². The fourth-order valence-electron chi connectivity index (χ4n) is 3.18. The van der Waals surface area contributed by atoms with Gasteiger partial charge in [-0.25, -0.2) is 26.7 Å². The molecule has 0 bridgehead atoms. The van der Waals surface area contributed by atoms with Crippen LogP contribution in [-0.4, -0.2) is 36.8 Å². The highest BCUT2D eigenvalue weighted by Crippen LogP contribution is 2.39. The van der Waals surface area contributed by atoms with Gasteiger partial charge >= 0.3 is 5.69 Å². The summed E-state index contributed by atoms with van der Waals surface area (Å²) in [6, 6.07) is 8.24.